The Bertz CT molecular complexity index is 1110. The molecule has 2 aromatic rings. The van der Waals surface area contributed by atoms with Gasteiger partial charge in [0.1, 0.15) is 5.56 Å². The van der Waals surface area contributed by atoms with E-state index in [9.17, 15) is 18.0 Å². The van der Waals surface area contributed by atoms with Gasteiger partial charge in [-0.2, -0.15) is 5.10 Å². The number of carbonyl (C=O) groups excluding carboxylic acids is 2. The highest BCUT2D eigenvalue weighted by Gasteiger charge is 2.29. The van der Waals surface area contributed by atoms with Crippen molar-refractivity contribution >= 4 is 21.7 Å². The Morgan fingerprint density at radius 3 is 2.17 bits per heavy atom. The number of hydrogen-bond acceptors (Lipinski definition) is 6. The van der Waals surface area contributed by atoms with E-state index >= 15 is 0 Å². The molecular weight excluding hydrogens is 406 g/mol. The number of ether oxygens (including phenoxy) is 1. The first kappa shape index (κ1) is 23.6. The lowest BCUT2D eigenvalue weighted by molar-refractivity contribution is 0.103. The van der Waals surface area contributed by atoms with E-state index < -0.39 is 15.9 Å². The Labute approximate surface area is 177 Å². The van der Waals surface area contributed by atoms with Gasteiger partial charge in [0.25, 0.3) is 0 Å². The second-order valence-corrected chi connectivity index (χ2v) is 9.30. The lowest BCUT2D eigenvalue weighted by Gasteiger charge is -2.19. The largest absolute Gasteiger partial charge is 0.416 e. The fraction of sp³-hybridized carbons (Fsp3) is 0.476. The molecule has 1 aromatic heterocycles. The highest BCUT2D eigenvalue weighted by Crippen LogP contribution is 2.31. The van der Waals surface area contributed by atoms with E-state index in [-0.39, 0.29) is 22.1 Å². The van der Waals surface area contributed by atoms with E-state index in [0.717, 1.165) is 6.26 Å². The van der Waals surface area contributed by atoms with Gasteiger partial charge >= 0.3 is 6.09 Å². The van der Waals surface area contributed by atoms with Crippen LogP contribution in [0.1, 0.15) is 52.2 Å². The summed E-state index contributed by atoms with van der Waals surface area (Å²) < 4.78 is 31.2. The van der Waals surface area contributed by atoms with Gasteiger partial charge in [-0.25, -0.2) is 17.9 Å². The van der Waals surface area contributed by atoms with Crippen molar-refractivity contribution in [3.05, 3.63) is 39.6 Å². The number of ketones is 1. The minimum absolute atomic E-state index is 0.0660. The molecule has 30 heavy (non-hydrogen) atoms. The fourth-order valence-electron chi connectivity index (χ4n) is 3.64. The summed E-state index contributed by atoms with van der Waals surface area (Å²) in [6.07, 6.45) is 0.591. The van der Waals surface area contributed by atoms with Crippen molar-refractivity contribution in [2.45, 2.75) is 46.4 Å². The highest BCUT2D eigenvalue weighted by atomic mass is 32.2. The van der Waals surface area contributed by atoms with Crippen LogP contribution in [0.4, 0.5) is 4.79 Å². The number of carbonyl (C=O) groups is 2. The first-order valence-corrected chi connectivity index (χ1v) is 11.6. The summed E-state index contributed by atoms with van der Waals surface area (Å²) in [4.78, 5) is 27.7. The fourth-order valence-corrected chi connectivity index (χ4v) is 5.00. The predicted molar refractivity (Wildman–Crippen MR) is 114 cm³/mol. The average Bonchev–Trinajstić information content (AvgIpc) is 2.90. The number of aryl methyl sites for hydroxylation is 3. The van der Waals surface area contributed by atoms with Crippen LogP contribution in [-0.2, 0) is 16.9 Å². The van der Waals surface area contributed by atoms with Gasteiger partial charge in [-0.05, 0) is 64.3 Å². The molecular formula is C21H29N3O5S. The molecule has 1 amide bonds. The zero-order valence-electron chi connectivity index (χ0n) is 18.8. The number of nitrogens with zero attached hydrogens (tertiary/aromatic N) is 3. The summed E-state index contributed by atoms with van der Waals surface area (Å²) in [5, 5.41) is 4.26. The third kappa shape index (κ3) is 4.26. The lowest BCUT2D eigenvalue weighted by atomic mass is 9.94. The molecule has 8 nitrogen and oxygen atoms in total. The smallest absolute Gasteiger partial charge is 0.391 e. The van der Waals surface area contributed by atoms with Crippen LogP contribution in [0.3, 0.4) is 0 Å². The van der Waals surface area contributed by atoms with Gasteiger partial charge in [-0.15, -0.1) is 0 Å². The summed E-state index contributed by atoms with van der Waals surface area (Å²) in [6, 6.07) is 1.57. The van der Waals surface area contributed by atoms with Gasteiger partial charge in [0.2, 0.25) is 11.7 Å². The van der Waals surface area contributed by atoms with Crippen LogP contribution in [-0.4, -0.2) is 54.3 Å². The van der Waals surface area contributed by atoms with Crippen molar-refractivity contribution in [2.75, 3.05) is 19.3 Å². The summed E-state index contributed by atoms with van der Waals surface area (Å²) in [7, 11) is -1.84. The van der Waals surface area contributed by atoms with Gasteiger partial charge < -0.3 is 9.64 Å². The zero-order chi connectivity index (χ0) is 23.0. The van der Waals surface area contributed by atoms with Crippen molar-refractivity contribution in [2.24, 2.45) is 7.05 Å². The number of hydrogen-bond donors (Lipinski definition) is 0. The average molecular weight is 436 g/mol. The molecule has 0 aliphatic heterocycles. The molecule has 0 atom stereocenters. The third-order valence-electron chi connectivity index (χ3n) is 5.24. The molecule has 0 fully saturated rings. The van der Waals surface area contributed by atoms with Crippen LogP contribution < -0.4 is 4.74 Å². The van der Waals surface area contributed by atoms with Crippen LogP contribution in [0.25, 0.3) is 0 Å². The first-order chi connectivity index (χ1) is 13.8. The van der Waals surface area contributed by atoms with Crippen molar-refractivity contribution in [1.29, 1.82) is 0 Å². The van der Waals surface area contributed by atoms with Gasteiger partial charge in [0, 0.05) is 32.0 Å². The van der Waals surface area contributed by atoms with Crippen LogP contribution in [0.2, 0.25) is 0 Å². The van der Waals surface area contributed by atoms with Gasteiger partial charge in [-0.1, -0.05) is 0 Å². The summed E-state index contributed by atoms with van der Waals surface area (Å²) in [5.41, 5.74) is 2.55. The first-order valence-electron chi connectivity index (χ1n) is 9.70. The van der Waals surface area contributed by atoms with Crippen LogP contribution in [0.5, 0.6) is 5.88 Å². The summed E-state index contributed by atoms with van der Waals surface area (Å²) >= 11 is 0. The topological polar surface area (TPSA) is 98.6 Å². The predicted octanol–water partition coefficient (Wildman–Crippen LogP) is 3.13. The van der Waals surface area contributed by atoms with E-state index in [0.29, 0.717) is 41.0 Å². The number of benzene rings is 1. The summed E-state index contributed by atoms with van der Waals surface area (Å²) in [6.45, 7) is 11.3. The van der Waals surface area contributed by atoms with Crippen LogP contribution in [0.15, 0.2) is 11.0 Å². The molecule has 0 saturated carbocycles. The Hall–Kier alpha value is -2.68. The second kappa shape index (κ2) is 8.59. The molecule has 0 spiro atoms. The molecule has 1 aromatic carbocycles. The van der Waals surface area contributed by atoms with Crippen LogP contribution >= 0.6 is 0 Å². The Balaban J connectivity index is 2.62. The minimum Gasteiger partial charge on any atom is -0.391 e. The van der Waals surface area contributed by atoms with Crippen molar-refractivity contribution in [3.63, 3.8) is 0 Å². The molecule has 2 rings (SSSR count). The quantitative estimate of drug-likeness (QED) is 0.647. The van der Waals surface area contributed by atoms with Crippen molar-refractivity contribution in [1.82, 2.24) is 14.7 Å². The Kier molecular flexibility index (Phi) is 6.76. The summed E-state index contributed by atoms with van der Waals surface area (Å²) in [5.74, 6) is -0.303. The molecule has 1 heterocycles. The minimum atomic E-state index is -3.44. The van der Waals surface area contributed by atoms with Crippen molar-refractivity contribution in [3.8, 4) is 5.88 Å². The normalized spacial score (nSPS) is 11.5. The standard InChI is InChI=1S/C21H29N3O5S/c1-9-24(10-2)21(26)29-20-17(15(6)22-23(20)7)18(25)16-11-12(3)19(30(8,27)28)14(5)13(16)4/h11H,9-10H2,1-8H3. The molecule has 164 valence electrons. The van der Waals surface area contributed by atoms with E-state index in [4.69, 9.17) is 4.74 Å². The monoisotopic (exact) mass is 435 g/mol. The van der Waals surface area contributed by atoms with Gasteiger partial charge in [0.05, 0.1) is 10.6 Å². The lowest BCUT2D eigenvalue weighted by Crippen LogP contribution is -2.33. The van der Waals surface area contributed by atoms with E-state index in [2.05, 4.69) is 5.10 Å². The number of aromatic nitrogens is 2. The Morgan fingerprint density at radius 2 is 1.67 bits per heavy atom. The van der Waals surface area contributed by atoms with E-state index in [1.54, 1.807) is 40.8 Å². The molecule has 0 unspecified atom stereocenters. The molecule has 0 saturated heterocycles. The maximum absolute atomic E-state index is 13.5. The number of rotatable bonds is 6. The van der Waals surface area contributed by atoms with Crippen LogP contribution in [0, 0.1) is 27.7 Å². The van der Waals surface area contributed by atoms with E-state index in [1.165, 1.54) is 9.58 Å². The third-order valence-corrected chi connectivity index (χ3v) is 6.61. The van der Waals surface area contributed by atoms with Crippen molar-refractivity contribution < 1.29 is 22.7 Å². The highest BCUT2D eigenvalue weighted by molar-refractivity contribution is 7.90. The molecule has 0 N–H and O–H groups in total. The maximum atomic E-state index is 13.5. The Morgan fingerprint density at radius 1 is 1.10 bits per heavy atom. The number of amides is 1. The number of sulfone groups is 1. The van der Waals surface area contributed by atoms with E-state index in [1.807, 2.05) is 13.8 Å². The zero-order valence-corrected chi connectivity index (χ0v) is 19.6. The molecule has 0 aliphatic carbocycles. The van der Waals surface area contributed by atoms with Gasteiger partial charge in [-0.3, -0.25) is 4.79 Å². The molecule has 0 aliphatic rings. The second-order valence-electron chi connectivity index (χ2n) is 7.35. The molecule has 0 radical (unpaired) electrons. The SMILES string of the molecule is CCN(CC)C(=O)Oc1c(C(=O)c2cc(C)c(S(C)(=O)=O)c(C)c2C)c(C)nn1C. The maximum Gasteiger partial charge on any atom is 0.416 e. The molecule has 0 bridgehead atoms. The van der Waals surface area contributed by atoms with Gasteiger partial charge in [0.15, 0.2) is 9.84 Å². The molecule has 9 heteroatoms.